The van der Waals surface area contributed by atoms with Crippen molar-refractivity contribution >= 4 is 34.4 Å². The van der Waals surface area contributed by atoms with Gasteiger partial charge in [0, 0.05) is 44.1 Å². The summed E-state index contributed by atoms with van der Waals surface area (Å²) in [7, 11) is 1.61. The number of carbonyl (C=O) groups is 2. The van der Waals surface area contributed by atoms with Gasteiger partial charge in [0.2, 0.25) is 5.91 Å². The van der Waals surface area contributed by atoms with Gasteiger partial charge >= 0.3 is 12.4 Å². The van der Waals surface area contributed by atoms with Gasteiger partial charge in [-0.25, -0.2) is 13.8 Å². The summed E-state index contributed by atoms with van der Waals surface area (Å²) in [5.41, 5.74) is -0.898. The molecule has 2 aromatic carbocycles. The SMILES string of the molecule is Cn1c(Cc2cc(CNC(=O)C3(C(F)(F)F)CC3)ccc2Cl)nc2cc(C(=O)NCCCC(F)(F)F)c(OCC(F)F)cc21. The number of ether oxygens (including phenoxy) is 1. The summed E-state index contributed by atoms with van der Waals surface area (Å²) < 4.78 is 110. The fraction of sp³-hybridized carbons (Fsp3) is 0.464. The van der Waals surface area contributed by atoms with Crippen LogP contribution < -0.4 is 15.4 Å². The second-order valence-electron chi connectivity index (χ2n) is 10.5. The van der Waals surface area contributed by atoms with Gasteiger partial charge in [0.1, 0.15) is 23.6 Å². The van der Waals surface area contributed by atoms with Gasteiger partial charge in [0.05, 0.1) is 16.6 Å². The first-order valence-electron chi connectivity index (χ1n) is 13.4. The predicted molar refractivity (Wildman–Crippen MR) is 144 cm³/mol. The molecule has 0 spiro atoms. The fourth-order valence-corrected chi connectivity index (χ4v) is 4.81. The molecule has 1 aliphatic rings. The molecule has 44 heavy (non-hydrogen) atoms. The maximum Gasteiger partial charge on any atom is 0.403 e. The standard InChI is InChI=1S/C28H27ClF8N4O3/c1-41-20-12-21(44-14-22(30)31)17(24(42)38-8-2-5-27(32,33)34)11-19(20)40-23(41)10-16-9-15(3-4-18(16)29)13-39-25(43)26(6-7-26)28(35,36)37/h3-4,9,11-12,22H,2,5-8,10,13-14H2,1H3,(H,38,42)(H,39,43). The lowest BCUT2D eigenvalue weighted by Crippen LogP contribution is -2.40. The minimum atomic E-state index is -4.64. The monoisotopic (exact) mass is 654 g/mol. The van der Waals surface area contributed by atoms with Crippen LogP contribution in [0.1, 0.15) is 53.0 Å². The molecule has 1 aliphatic carbocycles. The highest BCUT2D eigenvalue weighted by Gasteiger charge is 2.68. The van der Waals surface area contributed by atoms with E-state index in [2.05, 4.69) is 15.6 Å². The third kappa shape index (κ3) is 7.71. The number of nitrogens with zero attached hydrogens (tertiary/aromatic N) is 2. The van der Waals surface area contributed by atoms with E-state index in [1.807, 2.05) is 0 Å². The molecular weight excluding hydrogens is 628 g/mol. The Kier molecular flexibility index (Phi) is 9.66. The first kappa shape index (κ1) is 33.3. The molecule has 240 valence electrons. The molecule has 1 saturated carbocycles. The molecule has 0 atom stereocenters. The lowest BCUT2D eigenvalue weighted by molar-refractivity contribution is -0.192. The minimum absolute atomic E-state index is 0.102. The van der Waals surface area contributed by atoms with Crippen LogP contribution in [0.2, 0.25) is 5.02 Å². The topological polar surface area (TPSA) is 85.2 Å². The van der Waals surface area contributed by atoms with E-state index in [9.17, 15) is 44.7 Å². The van der Waals surface area contributed by atoms with Crippen molar-refractivity contribution in [3.63, 3.8) is 0 Å². The zero-order valence-corrected chi connectivity index (χ0v) is 23.9. The van der Waals surface area contributed by atoms with E-state index in [1.165, 1.54) is 18.2 Å². The number of fused-ring (bicyclic) bond motifs is 1. The van der Waals surface area contributed by atoms with Crippen molar-refractivity contribution in [3.8, 4) is 5.75 Å². The van der Waals surface area contributed by atoms with Crippen molar-refractivity contribution in [2.45, 2.75) is 57.4 Å². The van der Waals surface area contributed by atoms with Crippen molar-refractivity contribution in [1.29, 1.82) is 0 Å². The van der Waals surface area contributed by atoms with Crippen LogP contribution in [0, 0.1) is 5.41 Å². The molecule has 1 fully saturated rings. The molecule has 0 aliphatic heterocycles. The molecule has 0 saturated heterocycles. The second kappa shape index (κ2) is 12.8. The Balaban J connectivity index is 1.54. The smallest absolute Gasteiger partial charge is 0.403 e. The van der Waals surface area contributed by atoms with Crippen LogP contribution in [-0.4, -0.2) is 53.3 Å². The van der Waals surface area contributed by atoms with E-state index < -0.39 is 49.0 Å². The number of hydrogen-bond acceptors (Lipinski definition) is 4. The van der Waals surface area contributed by atoms with Gasteiger partial charge in [0.15, 0.2) is 0 Å². The van der Waals surface area contributed by atoms with Crippen LogP contribution in [-0.2, 0) is 24.8 Å². The Morgan fingerprint density at radius 1 is 1.09 bits per heavy atom. The van der Waals surface area contributed by atoms with Gasteiger partial charge in [-0.05, 0) is 42.5 Å². The molecule has 2 amide bonds. The van der Waals surface area contributed by atoms with E-state index in [0.29, 0.717) is 27.5 Å². The first-order chi connectivity index (χ1) is 20.5. The number of carbonyl (C=O) groups excluding carboxylic acids is 2. The summed E-state index contributed by atoms with van der Waals surface area (Å²) in [5.74, 6) is -1.74. The Labute approximate surface area is 250 Å². The van der Waals surface area contributed by atoms with Gasteiger partial charge in [0.25, 0.3) is 12.3 Å². The fourth-order valence-electron chi connectivity index (χ4n) is 4.62. The molecule has 2 N–H and O–H groups in total. The average molecular weight is 655 g/mol. The highest BCUT2D eigenvalue weighted by Crippen LogP contribution is 2.57. The third-order valence-corrected chi connectivity index (χ3v) is 7.61. The summed E-state index contributed by atoms with van der Waals surface area (Å²) in [6, 6.07) is 7.28. The number of nitrogens with one attached hydrogen (secondary N) is 2. The lowest BCUT2D eigenvalue weighted by atomic mass is 10.0. The van der Waals surface area contributed by atoms with E-state index in [4.69, 9.17) is 16.3 Å². The van der Waals surface area contributed by atoms with Crippen molar-refractivity contribution in [2.75, 3.05) is 13.2 Å². The van der Waals surface area contributed by atoms with E-state index in [0.717, 1.165) is 0 Å². The van der Waals surface area contributed by atoms with Crippen LogP contribution in [0.5, 0.6) is 5.75 Å². The Morgan fingerprint density at radius 3 is 2.41 bits per heavy atom. The van der Waals surface area contributed by atoms with Gasteiger partial charge in [-0.15, -0.1) is 0 Å². The number of amides is 2. The van der Waals surface area contributed by atoms with Crippen molar-refractivity contribution in [3.05, 3.63) is 57.9 Å². The average Bonchev–Trinajstić information content (AvgIpc) is 3.71. The summed E-state index contributed by atoms with van der Waals surface area (Å²) >= 11 is 6.37. The van der Waals surface area contributed by atoms with Crippen LogP contribution in [0.15, 0.2) is 30.3 Å². The maximum atomic E-state index is 13.3. The third-order valence-electron chi connectivity index (χ3n) is 7.25. The summed E-state index contributed by atoms with van der Waals surface area (Å²) in [4.78, 5) is 29.5. The zero-order valence-electron chi connectivity index (χ0n) is 23.1. The maximum absolute atomic E-state index is 13.3. The normalized spacial score (nSPS) is 14.6. The molecule has 4 rings (SSSR count). The van der Waals surface area contributed by atoms with Crippen LogP contribution in [0.25, 0.3) is 11.0 Å². The zero-order chi connectivity index (χ0) is 32.4. The van der Waals surface area contributed by atoms with Crippen molar-refractivity contribution < 1.29 is 49.4 Å². The number of aryl methyl sites for hydroxylation is 1. The van der Waals surface area contributed by atoms with Gasteiger partial charge in [-0.3, -0.25) is 9.59 Å². The molecule has 0 bridgehead atoms. The van der Waals surface area contributed by atoms with E-state index in [-0.39, 0.29) is 55.6 Å². The molecule has 3 aromatic rings. The van der Waals surface area contributed by atoms with Crippen molar-refractivity contribution in [2.24, 2.45) is 12.5 Å². The number of rotatable bonds is 12. The van der Waals surface area contributed by atoms with Crippen LogP contribution in [0.4, 0.5) is 35.1 Å². The number of imidazole rings is 1. The summed E-state index contributed by atoms with van der Waals surface area (Å²) in [5, 5.41) is 4.97. The van der Waals surface area contributed by atoms with Gasteiger partial charge in [-0.1, -0.05) is 23.7 Å². The van der Waals surface area contributed by atoms with Gasteiger partial charge < -0.3 is 19.9 Å². The number of hydrogen-bond donors (Lipinski definition) is 2. The second-order valence-corrected chi connectivity index (χ2v) is 10.9. The molecular formula is C28H27ClF8N4O3. The Morgan fingerprint density at radius 2 is 1.80 bits per heavy atom. The summed E-state index contributed by atoms with van der Waals surface area (Å²) in [6.07, 6.45) is -13.8. The highest BCUT2D eigenvalue weighted by molar-refractivity contribution is 6.31. The Bertz CT molecular complexity index is 1530. The van der Waals surface area contributed by atoms with Crippen molar-refractivity contribution in [1.82, 2.24) is 20.2 Å². The molecule has 16 heteroatoms. The Hall–Kier alpha value is -3.62. The van der Waals surface area contributed by atoms with E-state index in [1.54, 1.807) is 23.7 Å². The quantitative estimate of drug-likeness (QED) is 0.173. The molecule has 1 aromatic heterocycles. The highest BCUT2D eigenvalue weighted by atomic mass is 35.5. The lowest BCUT2D eigenvalue weighted by Gasteiger charge is -2.18. The van der Waals surface area contributed by atoms with Gasteiger partial charge in [-0.2, -0.15) is 26.3 Å². The van der Waals surface area contributed by atoms with E-state index >= 15 is 0 Å². The molecule has 0 radical (unpaired) electrons. The molecule has 7 nitrogen and oxygen atoms in total. The minimum Gasteiger partial charge on any atom is -0.487 e. The number of halogens is 9. The molecule has 1 heterocycles. The number of aromatic nitrogens is 2. The predicted octanol–water partition coefficient (Wildman–Crippen LogP) is 6.49. The van der Waals surface area contributed by atoms with Crippen LogP contribution in [0.3, 0.4) is 0 Å². The number of alkyl halides is 8. The number of benzene rings is 2. The first-order valence-corrected chi connectivity index (χ1v) is 13.8. The molecule has 0 unspecified atom stereocenters. The largest absolute Gasteiger partial charge is 0.487 e. The summed E-state index contributed by atoms with van der Waals surface area (Å²) in [6.45, 7) is -1.52. The van der Waals surface area contributed by atoms with Crippen LogP contribution >= 0.6 is 11.6 Å².